The van der Waals surface area contributed by atoms with Gasteiger partial charge in [0.1, 0.15) is 0 Å². The first-order valence-electron chi connectivity index (χ1n) is 9.26. The van der Waals surface area contributed by atoms with Crippen LogP contribution >= 0.6 is 0 Å². The van der Waals surface area contributed by atoms with E-state index >= 15 is 0 Å². The summed E-state index contributed by atoms with van der Waals surface area (Å²) in [5, 5.41) is 0. The van der Waals surface area contributed by atoms with Crippen molar-refractivity contribution in [1.82, 2.24) is 14.7 Å². The van der Waals surface area contributed by atoms with E-state index in [1.165, 1.54) is 0 Å². The number of hydrogen-bond donors (Lipinski definition) is 0. The highest BCUT2D eigenvalue weighted by molar-refractivity contribution is 5.93. The summed E-state index contributed by atoms with van der Waals surface area (Å²) in [4.78, 5) is 30.5. The van der Waals surface area contributed by atoms with Crippen LogP contribution in [0.25, 0.3) is 0 Å². The van der Waals surface area contributed by atoms with Crippen molar-refractivity contribution >= 4 is 11.7 Å². The van der Waals surface area contributed by atoms with Gasteiger partial charge in [-0.3, -0.25) is 14.5 Å². The summed E-state index contributed by atoms with van der Waals surface area (Å²) in [6.07, 6.45) is 6.60. The lowest BCUT2D eigenvalue weighted by Crippen LogP contribution is -2.52. The van der Waals surface area contributed by atoms with Crippen molar-refractivity contribution in [2.24, 2.45) is 0 Å². The third-order valence-corrected chi connectivity index (χ3v) is 4.93. The summed E-state index contributed by atoms with van der Waals surface area (Å²) in [5.41, 5.74) is 1.46. The van der Waals surface area contributed by atoms with Crippen LogP contribution in [0.2, 0.25) is 0 Å². The summed E-state index contributed by atoms with van der Waals surface area (Å²) in [6.45, 7) is 13.3. The van der Waals surface area contributed by atoms with Crippen molar-refractivity contribution in [3.8, 4) is 0 Å². The third kappa shape index (κ3) is 4.83. The van der Waals surface area contributed by atoms with Crippen LogP contribution in [0.15, 0.2) is 36.2 Å². The minimum atomic E-state index is -0.00837. The number of carbonyl (C=O) groups excluding carboxylic acids is 2. The lowest BCUT2D eigenvalue weighted by molar-refractivity contribution is -0.129. The van der Waals surface area contributed by atoms with Gasteiger partial charge in [0.2, 0.25) is 5.91 Å². The van der Waals surface area contributed by atoms with Gasteiger partial charge in [-0.25, -0.2) is 0 Å². The molecule has 6 nitrogen and oxygen atoms in total. The predicted molar refractivity (Wildman–Crippen MR) is 102 cm³/mol. The van der Waals surface area contributed by atoms with E-state index in [0.717, 1.165) is 31.8 Å². The van der Waals surface area contributed by atoms with E-state index in [4.69, 9.17) is 4.74 Å². The van der Waals surface area contributed by atoms with Crippen molar-refractivity contribution in [1.29, 1.82) is 0 Å². The SMILES string of the molecule is C=C1CN(C(=O)/C=C/CN2CC(OC)C2)C(C)CN1/C(=C\CC)C(C)=O. The van der Waals surface area contributed by atoms with E-state index in [-0.39, 0.29) is 17.7 Å². The minimum absolute atomic E-state index is 0.00837. The van der Waals surface area contributed by atoms with Crippen molar-refractivity contribution in [2.45, 2.75) is 39.3 Å². The molecule has 6 heteroatoms. The maximum atomic E-state index is 12.6. The number of piperazine rings is 1. The predicted octanol–water partition coefficient (Wildman–Crippen LogP) is 1.80. The number of likely N-dealkylation sites (tertiary alicyclic amines) is 1. The molecule has 0 saturated carbocycles. The molecule has 2 heterocycles. The first-order valence-corrected chi connectivity index (χ1v) is 9.26. The van der Waals surface area contributed by atoms with Gasteiger partial charge in [-0.15, -0.1) is 0 Å². The molecule has 2 aliphatic rings. The molecular weight excluding hydrogens is 330 g/mol. The van der Waals surface area contributed by atoms with E-state index in [2.05, 4.69) is 11.5 Å². The minimum Gasteiger partial charge on any atom is -0.379 e. The van der Waals surface area contributed by atoms with Gasteiger partial charge in [0.25, 0.3) is 0 Å². The average Bonchev–Trinajstić information content (AvgIpc) is 2.56. The number of methoxy groups -OCH3 is 1. The fourth-order valence-electron chi connectivity index (χ4n) is 3.35. The Morgan fingerprint density at radius 3 is 2.58 bits per heavy atom. The topological polar surface area (TPSA) is 53.1 Å². The molecule has 0 N–H and O–H groups in total. The Kier molecular flexibility index (Phi) is 7.17. The Morgan fingerprint density at radius 1 is 1.31 bits per heavy atom. The Labute approximate surface area is 156 Å². The largest absolute Gasteiger partial charge is 0.379 e. The van der Waals surface area contributed by atoms with E-state index in [1.807, 2.05) is 35.8 Å². The van der Waals surface area contributed by atoms with Gasteiger partial charge in [-0.05, 0) is 13.3 Å². The summed E-state index contributed by atoms with van der Waals surface area (Å²) in [7, 11) is 1.72. The summed E-state index contributed by atoms with van der Waals surface area (Å²) in [5.74, 6) is 0.0229. The molecule has 2 aliphatic heterocycles. The van der Waals surface area contributed by atoms with Crippen molar-refractivity contribution < 1.29 is 14.3 Å². The zero-order valence-corrected chi connectivity index (χ0v) is 16.4. The number of ether oxygens (including phenoxy) is 1. The van der Waals surface area contributed by atoms with Crippen LogP contribution in [-0.2, 0) is 14.3 Å². The van der Waals surface area contributed by atoms with Crippen LogP contribution in [-0.4, -0.2) is 78.4 Å². The summed E-state index contributed by atoms with van der Waals surface area (Å²) >= 11 is 0. The second-order valence-electron chi connectivity index (χ2n) is 7.02. The van der Waals surface area contributed by atoms with Crippen LogP contribution in [0.1, 0.15) is 27.2 Å². The number of amides is 1. The molecule has 0 aromatic rings. The van der Waals surface area contributed by atoms with Crippen molar-refractivity contribution in [2.75, 3.05) is 39.8 Å². The quantitative estimate of drug-likeness (QED) is 0.647. The molecule has 1 unspecified atom stereocenters. The average molecular weight is 361 g/mol. The maximum Gasteiger partial charge on any atom is 0.246 e. The van der Waals surface area contributed by atoms with Gasteiger partial charge in [0.15, 0.2) is 5.78 Å². The van der Waals surface area contributed by atoms with Crippen LogP contribution in [0.5, 0.6) is 0 Å². The van der Waals surface area contributed by atoms with Gasteiger partial charge in [0.05, 0.1) is 18.3 Å². The third-order valence-electron chi connectivity index (χ3n) is 4.93. The first-order chi connectivity index (χ1) is 12.4. The molecule has 144 valence electrons. The first kappa shape index (κ1) is 20.4. The standard InChI is InChI=1S/C20H31N3O3/c1-6-8-19(17(4)24)22-11-16(3)23(12-15(22)2)20(25)9-7-10-21-13-18(14-21)26-5/h7-9,16,18H,2,6,10-14H2,1,3-5H3/b9-7+,19-8-. The van der Waals surface area contributed by atoms with Gasteiger partial charge < -0.3 is 14.5 Å². The number of hydrogen-bond acceptors (Lipinski definition) is 5. The fraction of sp³-hybridized carbons (Fsp3) is 0.600. The molecule has 0 aromatic carbocycles. The molecule has 2 saturated heterocycles. The molecule has 26 heavy (non-hydrogen) atoms. The monoisotopic (exact) mass is 361 g/mol. The number of ketones is 1. The van der Waals surface area contributed by atoms with Gasteiger partial charge >= 0.3 is 0 Å². The molecular formula is C20H31N3O3. The van der Waals surface area contributed by atoms with Gasteiger partial charge in [-0.1, -0.05) is 25.7 Å². The molecule has 0 aromatic heterocycles. The number of allylic oxidation sites excluding steroid dienone is 2. The van der Waals surface area contributed by atoms with Crippen molar-refractivity contribution in [3.05, 3.63) is 36.2 Å². The number of carbonyl (C=O) groups is 2. The molecule has 0 bridgehead atoms. The van der Waals surface area contributed by atoms with E-state index in [9.17, 15) is 9.59 Å². The highest BCUT2D eigenvalue weighted by Gasteiger charge is 2.31. The van der Waals surface area contributed by atoms with E-state index < -0.39 is 0 Å². The highest BCUT2D eigenvalue weighted by atomic mass is 16.5. The zero-order chi connectivity index (χ0) is 19.3. The number of Topliss-reactive ketones (excluding diaryl/α,β-unsaturated/α-hetero) is 1. The lowest BCUT2D eigenvalue weighted by Gasteiger charge is -2.42. The summed E-state index contributed by atoms with van der Waals surface area (Å²) < 4.78 is 5.24. The van der Waals surface area contributed by atoms with Crippen molar-refractivity contribution in [3.63, 3.8) is 0 Å². The molecule has 0 radical (unpaired) electrons. The second kappa shape index (κ2) is 9.14. The van der Waals surface area contributed by atoms with Crippen LogP contribution < -0.4 is 0 Å². The van der Waals surface area contributed by atoms with E-state index in [1.54, 1.807) is 20.1 Å². The molecule has 1 atom stereocenters. The lowest BCUT2D eigenvalue weighted by atomic mass is 10.1. The van der Waals surface area contributed by atoms with Crippen LogP contribution in [0, 0.1) is 0 Å². The van der Waals surface area contributed by atoms with Crippen LogP contribution in [0.4, 0.5) is 0 Å². The normalized spacial score (nSPS) is 22.8. The smallest absolute Gasteiger partial charge is 0.246 e. The number of nitrogens with zero attached hydrogens (tertiary/aromatic N) is 3. The Bertz CT molecular complexity index is 605. The Morgan fingerprint density at radius 2 is 2.00 bits per heavy atom. The molecule has 2 rings (SSSR count). The molecule has 2 fully saturated rings. The van der Waals surface area contributed by atoms with Gasteiger partial charge in [0, 0.05) is 58.0 Å². The Balaban J connectivity index is 1.92. The zero-order valence-electron chi connectivity index (χ0n) is 16.4. The maximum absolute atomic E-state index is 12.6. The van der Waals surface area contributed by atoms with Gasteiger partial charge in [-0.2, -0.15) is 0 Å². The molecule has 1 amide bonds. The summed E-state index contributed by atoms with van der Waals surface area (Å²) in [6, 6.07) is 0.0131. The molecule has 0 aliphatic carbocycles. The fourth-order valence-corrected chi connectivity index (χ4v) is 3.35. The highest BCUT2D eigenvalue weighted by Crippen LogP contribution is 2.23. The second-order valence-corrected chi connectivity index (χ2v) is 7.02. The Hall–Kier alpha value is -1.92. The van der Waals surface area contributed by atoms with E-state index in [0.29, 0.717) is 24.9 Å². The molecule has 0 spiro atoms. The number of rotatable bonds is 7. The van der Waals surface area contributed by atoms with Crippen LogP contribution in [0.3, 0.4) is 0 Å².